The summed E-state index contributed by atoms with van der Waals surface area (Å²) >= 11 is 0. The summed E-state index contributed by atoms with van der Waals surface area (Å²) in [5.74, 6) is -2.56. The third-order valence-electron chi connectivity index (χ3n) is 8.37. The number of hydrogen-bond donors (Lipinski definition) is 5. The lowest BCUT2D eigenvalue weighted by molar-refractivity contribution is -0.138. The summed E-state index contributed by atoms with van der Waals surface area (Å²) in [5.41, 5.74) is 6.79. The molecule has 302 valence electrons. The van der Waals surface area contributed by atoms with Gasteiger partial charge < -0.3 is 45.9 Å². The molecule has 1 heterocycles. The minimum Gasteiger partial charge on any atom is -0.379 e. The third kappa shape index (κ3) is 19.6. The van der Waals surface area contributed by atoms with E-state index in [-0.39, 0.29) is 99.6 Å². The van der Waals surface area contributed by atoms with Crippen LogP contribution in [0.2, 0.25) is 0 Å². The summed E-state index contributed by atoms with van der Waals surface area (Å²) in [4.78, 5) is 86.5. The number of aryl methyl sites for hydroxylation is 1. The average molecular weight is 763 g/mol. The Bertz CT molecular complexity index is 1340. The molecule has 0 aromatic heterocycles. The van der Waals surface area contributed by atoms with Gasteiger partial charge in [0.15, 0.2) is 5.78 Å². The van der Waals surface area contributed by atoms with Gasteiger partial charge in [0.1, 0.15) is 0 Å². The molecule has 1 aromatic carbocycles. The Hall–Kier alpha value is -4.45. The van der Waals surface area contributed by atoms with E-state index in [0.717, 1.165) is 10.5 Å². The number of benzene rings is 1. The predicted octanol–water partition coefficient (Wildman–Crippen LogP) is 1.21. The smallest absolute Gasteiger partial charge is 0.312 e. The minimum absolute atomic E-state index is 0.0417. The predicted molar refractivity (Wildman–Crippen MR) is 198 cm³/mol. The van der Waals surface area contributed by atoms with Gasteiger partial charge in [0.2, 0.25) is 29.5 Å². The Morgan fingerprint density at radius 1 is 0.759 bits per heavy atom. The molecule has 2 atom stereocenters. The van der Waals surface area contributed by atoms with Crippen molar-refractivity contribution in [1.29, 1.82) is 0 Å². The summed E-state index contributed by atoms with van der Waals surface area (Å²) in [5, 5.41) is 10.8. The first-order valence-electron chi connectivity index (χ1n) is 18.5. The normalized spacial score (nSPS) is 13.8. The van der Waals surface area contributed by atoms with E-state index in [9.17, 15) is 33.6 Å². The molecule has 1 fully saturated rings. The van der Waals surface area contributed by atoms with Crippen LogP contribution in [0, 0.1) is 18.8 Å². The van der Waals surface area contributed by atoms with Crippen LogP contribution in [-0.2, 0) is 47.7 Å². The number of carbonyl (C=O) groups excluding carboxylic acids is 7. The molecule has 2 rings (SSSR count). The van der Waals surface area contributed by atoms with Crippen LogP contribution in [0.5, 0.6) is 0 Å². The molecule has 0 aliphatic carbocycles. The van der Waals surface area contributed by atoms with Crippen molar-refractivity contribution in [1.82, 2.24) is 20.9 Å². The van der Waals surface area contributed by atoms with Crippen LogP contribution >= 0.6 is 0 Å². The Morgan fingerprint density at radius 3 is 1.91 bits per heavy atom. The highest BCUT2D eigenvalue weighted by molar-refractivity contribution is 6.02. The molecule has 0 bridgehead atoms. The molecule has 1 saturated heterocycles. The van der Waals surface area contributed by atoms with E-state index < -0.39 is 18.0 Å². The SMILES string of the molecule is Cc1ccc(NC(=O)[C@H](CCCNC(N)=O)CC(=O)[C@@H](NC(=O)CCOCCOCCOCCOCCNC(=O)CCN2C(=O)CCC2=O)C(C)C)cc1. The van der Waals surface area contributed by atoms with Gasteiger partial charge in [-0.2, -0.15) is 0 Å². The van der Waals surface area contributed by atoms with Crippen molar-refractivity contribution in [2.24, 2.45) is 17.6 Å². The Morgan fingerprint density at radius 2 is 1.33 bits per heavy atom. The van der Waals surface area contributed by atoms with E-state index in [2.05, 4.69) is 21.3 Å². The van der Waals surface area contributed by atoms with Gasteiger partial charge in [0, 0.05) is 63.3 Å². The van der Waals surface area contributed by atoms with Gasteiger partial charge in [0.05, 0.1) is 58.9 Å². The molecule has 0 radical (unpaired) electrons. The number of primary amides is 1. The Balaban J connectivity index is 1.55. The zero-order chi connectivity index (χ0) is 39.7. The third-order valence-corrected chi connectivity index (χ3v) is 8.37. The second-order valence-corrected chi connectivity index (χ2v) is 13.2. The standard InChI is InChI=1S/C37H58N6O11/c1-26(2)35(30(44)25-28(5-4-14-40-37(38)50)36(49)41-29-8-6-27(3)7-9-29)42-32(46)13-17-51-19-21-53-23-24-54-22-20-52-18-15-39-31(45)12-16-43-33(47)10-11-34(43)48/h6-9,26,28,35H,4-5,10-25H2,1-3H3,(H,39,45)(H,41,49)(H,42,46)(H3,38,40,50)/t28-,35+/m1/s1. The van der Waals surface area contributed by atoms with Gasteiger partial charge in [-0.25, -0.2) is 4.79 Å². The number of likely N-dealkylation sites (tertiary alicyclic amines) is 1. The lowest BCUT2D eigenvalue weighted by Crippen LogP contribution is -2.45. The van der Waals surface area contributed by atoms with Gasteiger partial charge >= 0.3 is 6.03 Å². The highest BCUT2D eigenvalue weighted by atomic mass is 16.6. The number of nitrogens with two attached hydrogens (primary N) is 1. The molecule has 17 nitrogen and oxygen atoms in total. The number of rotatable bonds is 29. The molecule has 1 aromatic rings. The van der Waals surface area contributed by atoms with Gasteiger partial charge in [-0.1, -0.05) is 31.5 Å². The molecule has 17 heteroatoms. The van der Waals surface area contributed by atoms with Crippen molar-refractivity contribution in [3.05, 3.63) is 29.8 Å². The summed E-state index contributed by atoms with van der Waals surface area (Å²) < 4.78 is 21.8. The van der Waals surface area contributed by atoms with Crippen LogP contribution in [0.15, 0.2) is 24.3 Å². The summed E-state index contributed by atoms with van der Waals surface area (Å²) in [6, 6.07) is 5.86. The first-order valence-corrected chi connectivity index (χ1v) is 18.5. The average Bonchev–Trinajstić information content (AvgIpc) is 3.45. The van der Waals surface area contributed by atoms with Crippen molar-refractivity contribution in [3.63, 3.8) is 0 Å². The van der Waals surface area contributed by atoms with Crippen LogP contribution in [0.3, 0.4) is 0 Å². The number of ether oxygens (including phenoxy) is 4. The maximum atomic E-state index is 13.4. The number of Topliss-reactive ketones (excluding diaryl/α,β-unsaturated/α-hetero) is 1. The number of anilines is 1. The fourth-order valence-electron chi connectivity index (χ4n) is 5.36. The number of urea groups is 1. The van der Waals surface area contributed by atoms with Crippen molar-refractivity contribution in [3.8, 4) is 0 Å². The number of nitrogens with one attached hydrogen (secondary N) is 4. The minimum atomic E-state index is -0.789. The van der Waals surface area contributed by atoms with Crippen molar-refractivity contribution >= 4 is 47.0 Å². The fraction of sp³-hybridized carbons (Fsp3) is 0.649. The number of carbonyl (C=O) groups is 7. The molecule has 0 unspecified atom stereocenters. The second kappa shape index (κ2) is 26.3. The largest absolute Gasteiger partial charge is 0.379 e. The quantitative estimate of drug-likeness (QED) is 0.0575. The molecule has 0 spiro atoms. The molecule has 7 amide bonds. The van der Waals surface area contributed by atoms with Crippen molar-refractivity contribution < 1.29 is 52.5 Å². The zero-order valence-corrected chi connectivity index (χ0v) is 31.8. The topological polar surface area (TPSA) is 234 Å². The molecular weight excluding hydrogens is 704 g/mol. The Kier molecular flexibility index (Phi) is 22.3. The number of nitrogens with zero attached hydrogens (tertiary/aromatic N) is 1. The molecule has 54 heavy (non-hydrogen) atoms. The zero-order valence-electron chi connectivity index (χ0n) is 31.8. The molecular formula is C37H58N6O11. The maximum Gasteiger partial charge on any atom is 0.312 e. The fourth-order valence-corrected chi connectivity index (χ4v) is 5.36. The lowest BCUT2D eigenvalue weighted by atomic mass is 9.89. The van der Waals surface area contributed by atoms with Crippen LogP contribution in [0.25, 0.3) is 0 Å². The second-order valence-electron chi connectivity index (χ2n) is 13.2. The van der Waals surface area contributed by atoms with E-state index in [1.165, 1.54) is 0 Å². The molecule has 0 saturated carbocycles. The molecule has 1 aliphatic heterocycles. The van der Waals surface area contributed by atoms with Crippen LogP contribution in [0.4, 0.5) is 10.5 Å². The first kappa shape index (κ1) is 45.7. The number of hydrogen-bond acceptors (Lipinski definition) is 11. The van der Waals surface area contributed by atoms with E-state index in [0.29, 0.717) is 64.7 Å². The van der Waals surface area contributed by atoms with Crippen LogP contribution in [0.1, 0.15) is 64.4 Å². The summed E-state index contributed by atoms with van der Waals surface area (Å²) in [6.07, 6.45) is 1.20. The van der Waals surface area contributed by atoms with Gasteiger partial charge in [-0.15, -0.1) is 0 Å². The van der Waals surface area contributed by atoms with Gasteiger partial charge in [-0.3, -0.25) is 33.7 Å². The highest BCUT2D eigenvalue weighted by Crippen LogP contribution is 2.19. The van der Waals surface area contributed by atoms with E-state index in [1.807, 2.05) is 32.9 Å². The van der Waals surface area contributed by atoms with Gasteiger partial charge in [0.25, 0.3) is 0 Å². The van der Waals surface area contributed by atoms with Crippen molar-refractivity contribution in [2.75, 3.05) is 77.8 Å². The van der Waals surface area contributed by atoms with Crippen LogP contribution in [-0.4, -0.2) is 125 Å². The maximum absolute atomic E-state index is 13.4. The summed E-state index contributed by atoms with van der Waals surface area (Å²) in [7, 11) is 0. The monoisotopic (exact) mass is 762 g/mol. The Labute approximate surface area is 317 Å². The lowest BCUT2D eigenvalue weighted by Gasteiger charge is -2.24. The van der Waals surface area contributed by atoms with Crippen molar-refractivity contribution in [2.45, 2.75) is 71.8 Å². The van der Waals surface area contributed by atoms with Crippen LogP contribution < -0.4 is 27.0 Å². The molecule has 6 N–H and O–H groups in total. The highest BCUT2D eigenvalue weighted by Gasteiger charge is 2.30. The molecule has 1 aliphatic rings. The summed E-state index contributed by atoms with van der Waals surface area (Å²) in [6.45, 7) is 8.61. The van der Waals surface area contributed by atoms with E-state index >= 15 is 0 Å². The van der Waals surface area contributed by atoms with E-state index in [4.69, 9.17) is 24.7 Å². The number of ketones is 1. The number of imide groups is 1. The van der Waals surface area contributed by atoms with Gasteiger partial charge in [-0.05, 0) is 37.8 Å². The van der Waals surface area contributed by atoms with E-state index in [1.54, 1.807) is 12.1 Å². The first-order chi connectivity index (χ1) is 25.9. The number of amides is 7.